The zero-order valence-corrected chi connectivity index (χ0v) is 14.5. The van der Waals surface area contributed by atoms with Crippen molar-refractivity contribution in [1.29, 1.82) is 0 Å². The van der Waals surface area contributed by atoms with E-state index in [-0.39, 0.29) is 12.7 Å². The van der Waals surface area contributed by atoms with Gasteiger partial charge in [0.1, 0.15) is 5.75 Å². The van der Waals surface area contributed by atoms with Gasteiger partial charge in [-0.25, -0.2) is 4.79 Å². The summed E-state index contributed by atoms with van der Waals surface area (Å²) in [6, 6.07) is 6.76. The van der Waals surface area contributed by atoms with Gasteiger partial charge in [0.25, 0.3) is 0 Å². The van der Waals surface area contributed by atoms with Gasteiger partial charge in [0.2, 0.25) is 12.7 Å². The first kappa shape index (κ1) is 19.8. The lowest BCUT2D eigenvalue weighted by molar-refractivity contribution is -0.114. The van der Waals surface area contributed by atoms with Crippen LogP contribution in [0, 0.1) is 0 Å². The van der Waals surface area contributed by atoms with E-state index in [0.29, 0.717) is 18.0 Å². The molecule has 24 heavy (non-hydrogen) atoms. The second-order valence-electron chi connectivity index (χ2n) is 5.48. The van der Waals surface area contributed by atoms with Gasteiger partial charge in [-0.1, -0.05) is 39.0 Å². The van der Waals surface area contributed by atoms with E-state index in [1.807, 2.05) is 0 Å². The number of amides is 1. The van der Waals surface area contributed by atoms with Crippen LogP contribution in [0.5, 0.6) is 5.75 Å². The summed E-state index contributed by atoms with van der Waals surface area (Å²) >= 11 is 0. The monoisotopic (exact) mass is 337 g/mol. The van der Waals surface area contributed by atoms with Crippen molar-refractivity contribution in [2.45, 2.75) is 52.4 Å². The summed E-state index contributed by atoms with van der Waals surface area (Å²) in [6.45, 7) is 3.78. The minimum atomic E-state index is -0.724. The van der Waals surface area contributed by atoms with Gasteiger partial charge in [-0.15, -0.1) is 0 Å². The number of carbonyl (C=O) groups excluding carboxylic acids is 2. The second kappa shape index (κ2) is 12.2. The van der Waals surface area contributed by atoms with E-state index in [9.17, 15) is 9.59 Å². The van der Waals surface area contributed by atoms with Crippen molar-refractivity contribution in [3.05, 3.63) is 24.3 Å². The fourth-order valence-corrected chi connectivity index (χ4v) is 2.06. The van der Waals surface area contributed by atoms with Crippen LogP contribution in [0.15, 0.2) is 24.3 Å². The van der Waals surface area contributed by atoms with E-state index >= 15 is 0 Å². The van der Waals surface area contributed by atoms with Gasteiger partial charge in [-0.3, -0.25) is 4.79 Å². The number of anilines is 1. The number of hydrogen-bond donors (Lipinski definition) is 1. The smallest absolute Gasteiger partial charge is 0.457 e. The highest BCUT2D eigenvalue weighted by atomic mass is 16.8. The number of benzene rings is 1. The Hall–Kier alpha value is -2.24. The third-order valence-electron chi connectivity index (χ3n) is 3.29. The third kappa shape index (κ3) is 9.71. The molecule has 1 aromatic rings. The first-order valence-corrected chi connectivity index (χ1v) is 8.42. The van der Waals surface area contributed by atoms with E-state index in [2.05, 4.69) is 12.2 Å². The van der Waals surface area contributed by atoms with Gasteiger partial charge >= 0.3 is 6.16 Å². The van der Waals surface area contributed by atoms with Gasteiger partial charge in [-0.05, 0) is 30.7 Å². The van der Waals surface area contributed by atoms with Gasteiger partial charge in [-0.2, -0.15) is 0 Å². The Kier molecular flexibility index (Phi) is 10.1. The first-order valence-electron chi connectivity index (χ1n) is 8.42. The average Bonchev–Trinajstić information content (AvgIpc) is 2.55. The zero-order chi connectivity index (χ0) is 17.6. The predicted molar refractivity (Wildman–Crippen MR) is 92.0 cm³/mol. The quantitative estimate of drug-likeness (QED) is 0.366. The van der Waals surface area contributed by atoms with Crippen LogP contribution in [0.4, 0.5) is 10.5 Å². The van der Waals surface area contributed by atoms with Crippen molar-refractivity contribution in [1.82, 2.24) is 0 Å². The molecule has 0 radical (unpaired) electrons. The Morgan fingerprint density at radius 3 is 2.29 bits per heavy atom. The highest BCUT2D eigenvalue weighted by Crippen LogP contribution is 2.15. The second-order valence-corrected chi connectivity index (χ2v) is 5.48. The molecule has 134 valence electrons. The van der Waals surface area contributed by atoms with Crippen LogP contribution in [0.1, 0.15) is 52.4 Å². The van der Waals surface area contributed by atoms with Crippen LogP contribution in [-0.4, -0.2) is 25.5 Å². The van der Waals surface area contributed by atoms with E-state index in [1.54, 1.807) is 24.3 Å². The largest absolute Gasteiger partial charge is 0.511 e. The molecule has 0 fully saturated rings. The lowest BCUT2D eigenvalue weighted by atomic mass is 10.1. The van der Waals surface area contributed by atoms with Crippen LogP contribution in [0.2, 0.25) is 0 Å². The fraction of sp³-hybridized carbons (Fsp3) is 0.556. The van der Waals surface area contributed by atoms with Gasteiger partial charge in [0.05, 0.1) is 6.61 Å². The van der Waals surface area contributed by atoms with Crippen molar-refractivity contribution < 1.29 is 23.8 Å². The maximum absolute atomic E-state index is 11.4. The summed E-state index contributed by atoms with van der Waals surface area (Å²) in [6.07, 6.45) is 6.07. The Morgan fingerprint density at radius 1 is 0.958 bits per heavy atom. The number of hydrogen-bond acceptors (Lipinski definition) is 5. The normalized spacial score (nSPS) is 10.1. The molecule has 0 bridgehead atoms. The Labute approximate surface area is 143 Å². The third-order valence-corrected chi connectivity index (χ3v) is 3.29. The molecule has 6 heteroatoms. The topological polar surface area (TPSA) is 73.9 Å². The van der Waals surface area contributed by atoms with Crippen LogP contribution < -0.4 is 10.1 Å². The minimum absolute atomic E-state index is 0.139. The minimum Gasteiger partial charge on any atom is -0.457 e. The molecule has 0 aliphatic rings. The van der Waals surface area contributed by atoms with Gasteiger partial charge < -0.3 is 19.5 Å². The molecule has 0 heterocycles. The molecule has 1 rings (SSSR count). The molecule has 0 atom stereocenters. The van der Waals surface area contributed by atoms with Crippen molar-refractivity contribution in [2.75, 3.05) is 18.7 Å². The highest BCUT2D eigenvalue weighted by molar-refractivity contribution is 5.88. The van der Waals surface area contributed by atoms with Gasteiger partial charge in [0, 0.05) is 12.6 Å². The van der Waals surface area contributed by atoms with E-state index in [1.165, 1.54) is 32.6 Å². The molecule has 1 aromatic carbocycles. The van der Waals surface area contributed by atoms with Crippen molar-refractivity contribution >= 4 is 17.7 Å². The lowest BCUT2D eigenvalue weighted by Crippen LogP contribution is -2.12. The highest BCUT2D eigenvalue weighted by Gasteiger charge is 2.04. The van der Waals surface area contributed by atoms with Crippen LogP contribution in [0.3, 0.4) is 0 Å². The fourth-order valence-electron chi connectivity index (χ4n) is 2.06. The summed E-state index contributed by atoms with van der Waals surface area (Å²) < 4.78 is 15.1. The summed E-state index contributed by atoms with van der Waals surface area (Å²) in [5.41, 5.74) is 0.675. The van der Waals surface area contributed by atoms with E-state index in [4.69, 9.17) is 14.2 Å². The number of rotatable bonds is 11. The standard InChI is InChI=1S/C18H27NO5/c1-3-4-5-6-7-8-13-22-18(21)24-14-23-17-11-9-16(10-12-17)19-15(2)20/h9-12H,3-8,13-14H2,1-2H3,(H,19,20). The van der Waals surface area contributed by atoms with Crippen molar-refractivity contribution in [3.8, 4) is 5.75 Å². The molecule has 0 saturated carbocycles. The van der Waals surface area contributed by atoms with Crippen molar-refractivity contribution in [2.24, 2.45) is 0 Å². The van der Waals surface area contributed by atoms with Crippen LogP contribution in [-0.2, 0) is 14.3 Å². The number of unbranched alkanes of at least 4 members (excludes halogenated alkanes) is 5. The molecule has 0 saturated heterocycles. The molecular weight excluding hydrogens is 310 g/mol. The number of carbonyl (C=O) groups is 2. The van der Waals surface area contributed by atoms with E-state index in [0.717, 1.165) is 12.8 Å². The van der Waals surface area contributed by atoms with Crippen molar-refractivity contribution in [3.63, 3.8) is 0 Å². The molecule has 0 aliphatic carbocycles. The number of nitrogens with one attached hydrogen (secondary N) is 1. The van der Waals surface area contributed by atoms with Crippen LogP contribution in [0.25, 0.3) is 0 Å². The number of ether oxygens (including phenoxy) is 3. The Bertz CT molecular complexity index is 487. The average molecular weight is 337 g/mol. The molecule has 0 unspecified atom stereocenters. The molecule has 0 aliphatic heterocycles. The molecular formula is C18H27NO5. The predicted octanol–water partition coefficient (Wildman–Crippen LogP) is 4.50. The first-order chi connectivity index (χ1) is 11.6. The molecule has 0 spiro atoms. The summed E-state index contributed by atoms with van der Waals surface area (Å²) in [5, 5.41) is 2.65. The Morgan fingerprint density at radius 2 is 1.62 bits per heavy atom. The summed E-state index contributed by atoms with van der Waals surface area (Å²) in [7, 11) is 0. The maximum Gasteiger partial charge on any atom is 0.511 e. The summed E-state index contributed by atoms with van der Waals surface area (Å²) in [4.78, 5) is 22.3. The zero-order valence-electron chi connectivity index (χ0n) is 14.5. The molecule has 6 nitrogen and oxygen atoms in total. The SMILES string of the molecule is CCCCCCCCOC(=O)OCOc1ccc(NC(C)=O)cc1. The van der Waals surface area contributed by atoms with E-state index < -0.39 is 6.16 Å². The summed E-state index contributed by atoms with van der Waals surface area (Å²) in [5.74, 6) is 0.396. The van der Waals surface area contributed by atoms with Crippen LogP contribution >= 0.6 is 0 Å². The maximum atomic E-state index is 11.4. The van der Waals surface area contributed by atoms with Gasteiger partial charge in [0.15, 0.2) is 0 Å². The molecule has 0 aromatic heterocycles. The molecule has 1 amide bonds. The molecule has 1 N–H and O–H groups in total. The lowest BCUT2D eigenvalue weighted by Gasteiger charge is -2.09. The Balaban J connectivity index is 2.07.